The van der Waals surface area contributed by atoms with E-state index in [2.05, 4.69) is 10.6 Å². The molecule has 0 radical (unpaired) electrons. The van der Waals surface area contributed by atoms with Crippen molar-refractivity contribution in [3.8, 4) is 0 Å². The van der Waals surface area contributed by atoms with Crippen LogP contribution < -0.4 is 16.0 Å². The lowest BCUT2D eigenvalue weighted by atomic mass is 10.1. The van der Waals surface area contributed by atoms with E-state index in [0.29, 0.717) is 11.6 Å². The number of carbonyl (C=O) groups is 2. The number of halogens is 4. The van der Waals surface area contributed by atoms with Crippen LogP contribution in [0.4, 0.5) is 18.9 Å². The first-order valence-electron chi connectivity index (χ1n) is 6.88. The minimum Gasteiger partial charge on any atom is -0.375 e. The van der Waals surface area contributed by atoms with E-state index in [-0.39, 0.29) is 17.2 Å². The van der Waals surface area contributed by atoms with Crippen molar-refractivity contribution in [2.45, 2.75) is 19.5 Å². The van der Waals surface area contributed by atoms with E-state index in [1.165, 1.54) is 18.2 Å². The Kier molecular flexibility index (Phi) is 7.15. The molecule has 3 N–H and O–H groups in total. The van der Waals surface area contributed by atoms with Crippen LogP contribution >= 0.6 is 11.6 Å². The zero-order chi connectivity index (χ0) is 17.5. The van der Waals surface area contributed by atoms with Crippen molar-refractivity contribution in [3.05, 3.63) is 28.8 Å². The number of benzene rings is 1. The Morgan fingerprint density at radius 2 is 1.91 bits per heavy atom. The van der Waals surface area contributed by atoms with Crippen molar-refractivity contribution in [1.82, 2.24) is 10.6 Å². The summed E-state index contributed by atoms with van der Waals surface area (Å²) in [6.07, 6.45) is -3.72. The third kappa shape index (κ3) is 7.23. The predicted molar refractivity (Wildman–Crippen MR) is 81.6 cm³/mol. The highest BCUT2D eigenvalue weighted by Crippen LogP contribution is 2.21. The highest BCUT2D eigenvalue weighted by molar-refractivity contribution is 6.31. The fraction of sp³-hybridized carbons (Fsp3) is 0.429. The fourth-order valence-corrected chi connectivity index (χ4v) is 1.80. The lowest BCUT2D eigenvalue weighted by Gasteiger charge is -2.13. The predicted octanol–water partition coefficient (Wildman–Crippen LogP) is 2.57. The van der Waals surface area contributed by atoms with Gasteiger partial charge < -0.3 is 16.0 Å². The number of carbonyl (C=O) groups excluding carboxylic acids is 2. The van der Waals surface area contributed by atoms with Gasteiger partial charge in [-0.05, 0) is 24.6 Å². The molecule has 1 aromatic carbocycles. The highest BCUT2D eigenvalue weighted by Gasteiger charge is 2.27. The first-order chi connectivity index (χ1) is 10.7. The summed E-state index contributed by atoms with van der Waals surface area (Å²) in [7, 11) is 0. The van der Waals surface area contributed by atoms with Gasteiger partial charge in [0.15, 0.2) is 0 Å². The molecule has 0 aromatic heterocycles. The molecule has 0 heterocycles. The number of anilines is 1. The molecular weight excluding hydrogens is 335 g/mol. The average molecular weight is 352 g/mol. The normalized spacial score (nSPS) is 11.0. The van der Waals surface area contributed by atoms with Crippen molar-refractivity contribution >= 4 is 29.1 Å². The summed E-state index contributed by atoms with van der Waals surface area (Å²) >= 11 is 5.84. The largest absolute Gasteiger partial charge is 0.405 e. The number of hydrogen-bond acceptors (Lipinski definition) is 3. The maximum absolute atomic E-state index is 12.0. The van der Waals surface area contributed by atoms with E-state index in [1.807, 2.05) is 6.92 Å². The molecule has 0 aliphatic heterocycles. The van der Waals surface area contributed by atoms with Gasteiger partial charge in [0.1, 0.15) is 6.54 Å². The molecule has 0 unspecified atom stereocenters. The molecular formula is C14H17ClF3N3O2. The standard InChI is InChI=1S/C14H17ClF3N3O2/c1-2-5-19-13(23)10-4-3-9(15)6-11(10)20-7-12(22)21-8-14(16,17)18/h3-4,6,20H,2,5,7-8H2,1H3,(H,19,23)(H,21,22). The average Bonchev–Trinajstić information content (AvgIpc) is 2.47. The molecule has 2 amide bonds. The molecule has 0 spiro atoms. The van der Waals surface area contributed by atoms with E-state index in [9.17, 15) is 22.8 Å². The molecule has 0 aliphatic rings. The monoisotopic (exact) mass is 351 g/mol. The SMILES string of the molecule is CCCNC(=O)c1ccc(Cl)cc1NCC(=O)NCC(F)(F)F. The first kappa shape index (κ1) is 19.1. The lowest BCUT2D eigenvalue weighted by Crippen LogP contribution is -2.37. The van der Waals surface area contributed by atoms with Gasteiger partial charge in [-0.3, -0.25) is 9.59 Å². The topological polar surface area (TPSA) is 70.2 Å². The van der Waals surface area contributed by atoms with Crippen LogP contribution in [-0.2, 0) is 4.79 Å². The molecule has 1 rings (SSSR count). The van der Waals surface area contributed by atoms with E-state index in [1.54, 1.807) is 5.32 Å². The van der Waals surface area contributed by atoms with Gasteiger partial charge in [0.05, 0.1) is 12.1 Å². The van der Waals surface area contributed by atoms with Crippen LogP contribution in [0.25, 0.3) is 0 Å². The second-order valence-electron chi connectivity index (χ2n) is 4.69. The molecule has 23 heavy (non-hydrogen) atoms. The van der Waals surface area contributed by atoms with Gasteiger partial charge in [-0.25, -0.2) is 0 Å². The second kappa shape index (κ2) is 8.61. The molecule has 0 saturated carbocycles. The molecule has 0 saturated heterocycles. The first-order valence-corrected chi connectivity index (χ1v) is 7.26. The van der Waals surface area contributed by atoms with Gasteiger partial charge in [0.25, 0.3) is 5.91 Å². The van der Waals surface area contributed by atoms with E-state index >= 15 is 0 Å². The molecule has 1 aromatic rings. The molecule has 0 aliphatic carbocycles. The van der Waals surface area contributed by atoms with Gasteiger partial charge >= 0.3 is 6.18 Å². The Morgan fingerprint density at radius 3 is 2.52 bits per heavy atom. The summed E-state index contributed by atoms with van der Waals surface area (Å²) in [5, 5.41) is 7.35. The molecule has 0 bridgehead atoms. The zero-order valence-corrected chi connectivity index (χ0v) is 13.1. The van der Waals surface area contributed by atoms with Crippen LogP contribution in [-0.4, -0.2) is 37.6 Å². The Balaban J connectivity index is 2.69. The summed E-state index contributed by atoms with van der Waals surface area (Å²) in [5.74, 6) is -1.20. The van der Waals surface area contributed by atoms with Crippen LogP contribution in [0.2, 0.25) is 5.02 Å². The summed E-state index contributed by atoms with van der Waals surface area (Å²) in [4.78, 5) is 23.4. The Labute approximate surface area is 136 Å². The summed E-state index contributed by atoms with van der Waals surface area (Å²) in [6.45, 7) is 0.552. The second-order valence-corrected chi connectivity index (χ2v) is 5.13. The molecule has 9 heteroatoms. The van der Waals surface area contributed by atoms with Crippen LogP contribution in [0.15, 0.2) is 18.2 Å². The van der Waals surface area contributed by atoms with Crippen molar-refractivity contribution in [3.63, 3.8) is 0 Å². The van der Waals surface area contributed by atoms with E-state index in [0.717, 1.165) is 6.42 Å². The maximum atomic E-state index is 12.0. The van der Waals surface area contributed by atoms with Crippen LogP contribution in [0.3, 0.4) is 0 Å². The van der Waals surface area contributed by atoms with Crippen molar-refractivity contribution in [2.75, 3.05) is 25.0 Å². The highest BCUT2D eigenvalue weighted by atomic mass is 35.5. The summed E-state index contributed by atoms with van der Waals surface area (Å²) in [6, 6.07) is 4.42. The molecule has 0 atom stereocenters. The Hall–Kier alpha value is -1.96. The number of alkyl halides is 3. The van der Waals surface area contributed by atoms with E-state index in [4.69, 9.17) is 11.6 Å². The third-order valence-corrected chi connectivity index (χ3v) is 2.92. The van der Waals surface area contributed by atoms with Gasteiger partial charge in [-0.1, -0.05) is 18.5 Å². The number of amides is 2. The van der Waals surface area contributed by atoms with Gasteiger partial charge in [-0.15, -0.1) is 0 Å². The Bertz CT molecular complexity index is 565. The molecule has 128 valence electrons. The molecule has 5 nitrogen and oxygen atoms in total. The summed E-state index contributed by atoms with van der Waals surface area (Å²) < 4.78 is 36.0. The van der Waals surface area contributed by atoms with Gasteiger partial charge in [0.2, 0.25) is 5.91 Å². The Morgan fingerprint density at radius 1 is 1.22 bits per heavy atom. The fourth-order valence-electron chi connectivity index (χ4n) is 1.63. The third-order valence-electron chi connectivity index (χ3n) is 2.69. The zero-order valence-electron chi connectivity index (χ0n) is 12.4. The maximum Gasteiger partial charge on any atom is 0.405 e. The van der Waals surface area contributed by atoms with Crippen LogP contribution in [0.1, 0.15) is 23.7 Å². The van der Waals surface area contributed by atoms with E-state index < -0.39 is 25.2 Å². The molecule has 0 fully saturated rings. The van der Waals surface area contributed by atoms with Crippen LogP contribution in [0.5, 0.6) is 0 Å². The van der Waals surface area contributed by atoms with Gasteiger partial charge in [-0.2, -0.15) is 13.2 Å². The van der Waals surface area contributed by atoms with Crippen molar-refractivity contribution in [2.24, 2.45) is 0 Å². The summed E-state index contributed by atoms with van der Waals surface area (Å²) in [5.41, 5.74) is 0.528. The number of nitrogens with one attached hydrogen (secondary N) is 3. The number of rotatable bonds is 7. The van der Waals surface area contributed by atoms with Crippen LogP contribution in [0, 0.1) is 0 Å². The van der Waals surface area contributed by atoms with Crippen molar-refractivity contribution < 1.29 is 22.8 Å². The lowest BCUT2D eigenvalue weighted by molar-refractivity contribution is -0.137. The number of hydrogen-bond donors (Lipinski definition) is 3. The minimum absolute atomic E-state index is 0.256. The van der Waals surface area contributed by atoms with Crippen molar-refractivity contribution in [1.29, 1.82) is 0 Å². The van der Waals surface area contributed by atoms with Gasteiger partial charge in [0, 0.05) is 17.3 Å². The quantitative estimate of drug-likeness (QED) is 0.707. The minimum atomic E-state index is -4.48. The smallest absolute Gasteiger partial charge is 0.375 e.